The maximum absolute atomic E-state index is 13.8. The van der Waals surface area contributed by atoms with E-state index >= 15 is 0 Å². The molecule has 0 heterocycles. The molecule has 0 aromatic carbocycles. The molecule has 0 aliphatic heterocycles. The highest BCUT2D eigenvalue weighted by Gasteiger charge is 2.93. The van der Waals surface area contributed by atoms with Crippen molar-refractivity contribution >= 4 is 5.97 Å². The summed E-state index contributed by atoms with van der Waals surface area (Å²) >= 11 is 0. The minimum atomic E-state index is -8.62. The molecule has 0 aromatic heterocycles. The first-order chi connectivity index (χ1) is 14.6. The minimum absolute atomic E-state index is 0.129. The molecule has 19 heteroatoms. The van der Waals surface area contributed by atoms with Gasteiger partial charge >= 0.3 is 53.6 Å². The molecule has 0 fully saturated rings. The number of hydrogen-bond donors (Lipinski definition) is 1. The molecule has 0 atom stereocenters. The third-order valence-corrected chi connectivity index (χ3v) is 3.88. The number of halogens is 17. The lowest BCUT2D eigenvalue weighted by Crippen LogP contribution is -2.73. The van der Waals surface area contributed by atoms with Gasteiger partial charge in [-0.1, -0.05) is 12.2 Å². The van der Waals surface area contributed by atoms with Gasteiger partial charge in [0.15, 0.2) is 0 Å². The fraction of sp³-hybridized carbons (Fsp3) is 0.667. The maximum atomic E-state index is 13.8. The summed E-state index contributed by atoms with van der Waals surface area (Å²) in [5.41, 5.74) is -3.16. The first-order valence-electron chi connectivity index (χ1n) is 7.88. The van der Waals surface area contributed by atoms with Gasteiger partial charge < -0.3 is 5.11 Å². The van der Waals surface area contributed by atoms with E-state index in [-0.39, 0.29) is 6.08 Å². The molecule has 200 valence electrons. The van der Waals surface area contributed by atoms with Gasteiger partial charge in [-0.05, 0) is 13.0 Å². The Hall–Kier alpha value is -2.24. The number of aliphatic carboxylic acids is 1. The highest BCUT2D eigenvalue weighted by atomic mass is 19.4. The third-order valence-electron chi connectivity index (χ3n) is 3.88. The molecular weight excluding hydrogens is 535 g/mol. The normalized spacial score (nSPS) is 16.4. The van der Waals surface area contributed by atoms with Crippen molar-refractivity contribution in [2.45, 2.75) is 61.0 Å². The molecule has 0 saturated carbocycles. The Morgan fingerprint density at radius 3 is 1.32 bits per heavy atom. The second-order valence-electron chi connectivity index (χ2n) is 6.35. The maximum Gasteiger partial charge on any atom is 0.395 e. The molecule has 1 N–H and O–H groups in total. The number of carbonyl (C=O) groups is 1. The molecule has 0 spiro atoms. The van der Waals surface area contributed by atoms with E-state index in [4.69, 9.17) is 5.11 Å². The SMILES string of the molecule is CC=CC=C(C(=O)O)C(F)(F)C(F)(F)C(F)(F)C(F)(F)C(F)(F)C(F)(F)C(F)(F)CC(F)(F)F. The van der Waals surface area contributed by atoms with Crippen LogP contribution in [0.1, 0.15) is 13.3 Å². The average molecular weight is 544 g/mol. The summed E-state index contributed by atoms with van der Waals surface area (Å²) in [4.78, 5) is 10.7. The highest BCUT2D eigenvalue weighted by Crippen LogP contribution is 2.63. The first-order valence-corrected chi connectivity index (χ1v) is 7.88. The van der Waals surface area contributed by atoms with E-state index in [1.807, 2.05) is 0 Å². The van der Waals surface area contributed by atoms with Crippen LogP contribution in [0.25, 0.3) is 0 Å². The van der Waals surface area contributed by atoms with Crippen molar-refractivity contribution < 1.29 is 84.5 Å². The van der Waals surface area contributed by atoms with E-state index in [1.165, 1.54) is 0 Å². The van der Waals surface area contributed by atoms with Gasteiger partial charge in [0.25, 0.3) is 0 Å². The van der Waals surface area contributed by atoms with Crippen molar-refractivity contribution in [1.82, 2.24) is 0 Å². The Balaban J connectivity index is 6.94. The van der Waals surface area contributed by atoms with Crippen molar-refractivity contribution in [2.75, 3.05) is 0 Å². The topological polar surface area (TPSA) is 37.3 Å². The van der Waals surface area contributed by atoms with Gasteiger partial charge in [-0.2, -0.15) is 74.6 Å². The zero-order valence-electron chi connectivity index (χ0n) is 15.7. The molecule has 0 aliphatic carbocycles. The van der Waals surface area contributed by atoms with Crippen molar-refractivity contribution in [3.05, 3.63) is 23.8 Å². The Bertz CT molecular complexity index is 819. The first kappa shape index (κ1) is 31.8. The summed E-state index contributed by atoms with van der Waals surface area (Å²) in [5, 5.41) is 8.45. The van der Waals surface area contributed by atoms with Crippen LogP contribution in [-0.2, 0) is 4.79 Å². The monoisotopic (exact) mass is 544 g/mol. The molecule has 0 saturated heterocycles. The average Bonchev–Trinajstić information content (AvgIpc) is 2.58. The summed E-state index contributed by atoms with van der Waals surface area (Å²) in [5.74, 6) is -59.4. The fourth-order valence-corrected chi connectivity index (χ4v) is 2.05. The smallest absolute Gasteiger partial charge is 0.395 e. The Morgan fingerprint density at radius 1 is 0.647 bits per heavy atom. The quantitative estimate of drug-likeness (QED) is 0.183. The van der Waals surface area contributed by atoms with E-state index in [0.717, 1.165) is 6.92 Å². The van der Waals surface area contributed by atoms with Crippen LogP contribution < -0.4 is 0 Å². The zero-order valence-corrected chi connectivity index (χ0v) is 15.7. The van der Waals surface area contributed by atoms with Gasteiger partial charge in [0.05, 0.1) is 0 Å². The largest absolute Gasteiger partial charge is 0.478 e. The van der Waals surface area contributed by atoms with Crippen LogP contribution in [0.4, 0.5) is 74.6 Å². The van der Waals surface area contributed by atoms with Gasteiger partial charge in [0.2, 0.25) is 0 Å². The van der Waals surface area contributed by atoms with E-state index in [9.17, 15) is 79.4 Å². The van der Waals surface area contributed by atoms with Crippen LogP contribution in [-0.4, -0.2) is 58.7 Å². The van der Waals surface area contributed by atoms with E-state index in [2.05, 4.69) is 0 Å². The standard InChI is InChI=1S/C15H9F17O2/c1-2-3-4-6(7(33)34)10(21,22)12(25,26)14(29,30)15(31,32)13(27,28)11(23,24)8(16,17)5-9(18,19)20/h2-4H,5H2,1H3,(H,33,34). The molecule has 0 radical (unpaired) electrons. The van der Waals surface area contributed by atoms with Crippen LogP contribution >= 0.6 is 0 Å². The lowest BCUT2D eigenvalue weighted by molar-refractivity contribution is -0.441. The predicted octanol–water partition coefficient (Wildman–Crippen LogP) is 6.97. The van der Waals surface area contributed by atoms with Gasteiger partial charge in [-0.15, -0.1) is 0 Å². The lowest BCUT2D eigenvalue weighted by atomic mass is 9.86. The number of carboxylic acids is 1. The minimum Gasteiger partial charge on any atom is -0.478 e. The van der Waals surface area contributed by atoms with Crippen LogP contribution in [0, 0.1) is 0 Å². The van der Waals surface area contributed by atoms with E-state index in [0.29, 0.717) is 6.08 Å². The summed E-state index contributed by atoms with van der Waals surface area (Å²) < 4.78 is 225. The number of alkyl halides is 17. The number of carboxylic acid groups (broad SMARTS) is 1. The lowest BCUT2D eigenvalue weighted by Gasteiger charge is -2.42. The Morgan fingerprint density at radius 2 is 1.00 bits per heavy atom. The van der Waals surface area contributed by atoms with Gasteiger partial charge in [-0.25, -0.2) is 4.79 Å². The molecule has 0 aliphatic rings. The van der Waals surface area contributed by atoms with E-state index in [1.54, 1.807) is 0 Å². The van der Waals surface area contributed by atoms with Crippen LogP contribution in [0.5, 0.6) is 0 Å². The van der Waals surface area contributed by atoms with Crippen molar-refractivity contribution in [1.29, 1.82) is 0 Å². The second-order valence-corrected chi connectivity index (χ2v) is 6.35. The van der Waals surface area contributed by atoms with Crippen LogP contribution in [0.2, 0.25) is 0 Å². The molecule has 0 amide bonds. The molecule has 0 unspecified atom stereocenters. The van der Waals surface area contributed by atoms with Crippen molar-refractivity contribution in [3.63, 3.8) is 0 Å². The third kappa shape index (κ3) is 4.78. The number of rotatable bonds is 10. The molecule has 2 nitrogen and oxygen atoms in total. The van der Waals surface area contributed by atoms with E-state index < -0.39 is 71.7 Å². The number of allylic oxidation sites excluding steroid dienone is 3. The van der Waals surface area contributed by atoms with Crippen LogP contribution in [0.15, 0.2) is 23.8 Å². The summed E-state index contributed by atoms with van der Waals surface area (Å²) in [6, 6.07) is 0. The molecule has 0 bridgehead atoms. The highest BCUT2D eigenvalue weighted by molar-refractivity contribution is 5.89. The molecule has 34 heavy (non-hydrogen) atoms. The Labute approximate surface area is 176 Å². The van der Waals surface area contributed by atoms with Crippen molar-refractivity contribution in [3.8, 4) is 0 Å². The summed E-state index contributed by atoms with van der Waals surface area (Å²) in [7, 11) is 0. The van der Waals surface area contributed by atoms with Gasteiger partial charge in [-0.3, -0.25) is 0 Å². The molecular formula is C15H9F17O2. The molecule has 0 aromatic rings. The predicted molar refractivity (Wildman–Crippen MR) is 75.8 cm³/mol. The van der Waals surface area contributed by atoms with Crippen LogP contribution in [0.3, 0.4) is 0 Å². The summed E-state index contributed by atoms with van der Waals surface area (Å²) in [6.07, 6.45) is -10.8. The molecule has 0 rings (SSSR count). The van der Waals surface area contributed by atoms with Crippen molar-refractivity contribution in [2.24, 2.45) is 0 Å². The zero-order chi connectivity index (χ0) is 28.0. The second kappa shape index (κ2) is 8.76. The van der Waals surface area contributed by atoms with Gasteiger partial charge in [0.1, 0.15) is 12.0 Å². The van der Waals surface area contributed by atoms with Gasteiger partial charge in [0, 0.05) is 0 Å². The Kier molecular flexibility index (Phi) is 8.18. The number of hydrogen-bond acceptors (Lipinski definition) is 1. The fourth-order valence-electron chi connectivity index (χ4n) is 2.05. The summed E-state index contributed by atoms with van der Waals surface area (Å²) in [6.45, 7) is 0.888.